The molecule has 0 aromatic heterocycles. The molecule has 4 rings (SSSR count). The van der Waals surface area contributed by atoms with Gasteiger partial charge in [-0.1, -0.05) is 70.0 Å². The van der Waals surface area contributed by atoms with Crippen molar-refractivity contribution in [3.8, 4) is 0 Å². The van der Waals surface area contributed by atoms with Crippen LogP contribution in [0.5, 0.6) is 0 Å². The average Bonchev–Trinajstić information content (AvgIpc) is 2.94. The number of aryl methyl sites for hydroxylation is 1. The molecule has 0 heterocycles. The van der Waals surface area contributed by atoms with E-state index in [1.807, 2.05) is 80.6 Å². The maximum Gasteiger partial charge on any atom is 0.272 e. The molecule has 0 aliphatic carbocycles. The van der Waals surface area contributed by atoms with Gasteiger partial charge in [0, 0.05) is 26.3 Å². The maximum absolute atomic E-state index is 13.4. The highest BCUT2D eigenvalue weighted by atomic mass is 79.9. The van der Waals surface area contributed by atoms with Crippen LogP contribution in [0.2, 0.25) is 0 Å². The summed E-state index contributed by atoms with van der Waals surface area (Å²) < 4.78 is 0.848. The van der Waals surface area contributed by atoms with Gasteiger partial charge in [0.1, 0.15) is 5.70 Å². The van der Waals surface area contributed by atoms with Crippen molar-refractivity contribution in [2.45, 2.75) is 24.0 Å². The molecule has 6 nitrogen and oxygen atoms in total. The summed E-state index contributed by atoms with van der Waals surface area (Å²) in [7, 11) is 0. The first-order valence-corrected chi connectivity index (χ1v) is 14.2. The van der Waals surface area contributed by atoms with E-state index in [0.717, 1.165) is 26.2 Å². The Labute approximate surface area is 246 Å². The van der Waals surface area contributed by atoms with E-state index in [4.69, 9.17) is 0 Å². The van der Waals surface area contributed by atoms with Crippen LogP contribution in [-0.4, -0.2) is 23.0 Å². The predicted octanol–water partition coefficient (Wildman–Crippen LogP) is 7.29. The number of carbonyl (C=O) groups is 3. The lowest BCUT2D eigenvalue weighted by atomic mass is 10.1. The summed E-state index contributed by atoms with van der Waals surface area (Å²) in [6.45, 7) is 3.82. The predicted molar refractivity (Wildman–Crippen MR) is 166 cm³/mol. The molecule has 1 unspecified atom stereocenters. The fourth-order valence-corrected chi connectivity index (χ4v) is 5.03. The van der Waals surface area contributed by atoms with Gasteiger partial charge in [0.2, 0.25) is 5.91 Å². The third kappa shape index (κ3) is 8.43. The molecule has 0 saturated carbocycles. The van der Waals surface area contributed by atoms with Crippen LogP contribution in [0.3, 0.4) is 0 Å². The van der Waals surface area contributed by atoms with Crippen LogP contribution in [-0.2, 0) is 9.59 Å². The van der Waals surface area contributed by atoms with Crippen molar-refractivity contribution < 1.29 is 14.4 Å². The summed E-state index contributed by atoms with van der Waals surface area (Å²) in [6.07, 6.45) is 1.62. The highest BCUT2D eigenvalue weighted by Crippen LogP contribution is 2.27. The van der Waals surface area contributed by atoms with Gasteiger partial charge in [-0.3, -0.25) is 14.4 Å². The topological polar surface area (TPSA) is 87.3 Å². The number of thioether (sulfide) groups is 1. The standard InChI is InChI=1S/C32H28BrN3O3S/c1-21-14-16-26(17-15-21)34-30(37)22(2)40-28-13-7-12-27(20-28)35-32(39)29(19-23-8-6-11-25(33)18-23)36-31(38)24-9-4-3-5-10-24/h3-20,22H,1-2H3,(H,34,37)(H,35,39)(H,36,38)/b29-19+. The molecule has 4 aromatic rings. The van der Waals surface area contributed by atoms with Gasteiger partial charge in [-0.25, -0.2) is 0 Å². The van der Waals surface area contributed by atoms with E-state index in [1.54, 1.807) is 42.5 Å². The quantitative estimate of drug-likeness (QED) is 0.137. The molecule has 1 atom stereocenters. The number of hydrogen-bond donors (Lipinski definition) is 3. The van der Waals surface area contributed by atoms with Crippen molar-refractivity contribution >= 4 is 62.9 Å². The Hall–Kier alpha value is -4.14. The van der Waals surface area contributed by atoms with Crippen LogP contribution in [0.15, 0.2) is 118 Å². The molecule has 4 aromatic carbocycles. The van der Waals surface area contributed by atoms with Gasteiger partial charge in [-0.2, -0.15) is 0 Å². The Morgan fingerprint density at radius 1 is 0.800 bits per heavy atom. The zero-order chi connectivity index (χ0) is 28.5. The molecule has 0 saturated heterocycles. The van der Waals surface area contributed by atoms with E-state index in [0.29, 0.717) is 11.3 Å². The van der Waals surface area contributed by atoms with Crippen LogP contribution < -0.4 is 16.0 Å². The minimum absolute atomic E-state index is 0.0934. The fraction of sp³-hybridized carbons (Fsp3) is 0.0938. The fourth-order valence-electron chi connectivity index (χ4n) is 3.69. The van der Waals surface area contributed by atoms with Crippen molar-refractivity contribution in [2.75, 3.05) is 10.6 Å². The summed E-state index contributed by atoms with van der Waals surface area (Å²) >= 11 is 4.82. The molecule has 0 aliphatic heterocycles. The van der Waals surface area contributed by atoms with E-state index in [-0.39, 0.29) is 16.9 Å². The number of nitrogens with one attached hydrogen (secondary N) is 3. The number of halogens is 1. The zero-order valence-corrected chi connectivity index (χ0v) is 24.4. The van der Waals surface area contributed by atoms with Gasteiger partial charge in [0.05, 0.1) is 5.25 Å². The highest BCUT2D eigenvalue weighted by molar-refractivity contribution is 9.10. The zero-order valence-electron chi connectivity index (χ0n) is 22.0. The normalized spacial score (nSPS) is 11.8. The first-order valence-electron chi connectivity index (χ1n) is 12.6. The number of amides is 3. The van der Waals surface area contributed by atoms with Crippen molar-refractivity contribution in [1.29, 1.82) is 0 Å². The van der Waals surface area contributed by atoms with E-state index in [9.17, 15) is 14.4 Å². The largest absolute Gasteiger partial charge is 0.325 e. The Morgan fingerprint density at radius 3 is 2.25 bits per heavy atom. The third-order valence-corrected chi connectivity index (χ3v) is 7.37. The van der Waals surface area contributed by atoms with Gasteiger partial charge in [-0.05, 0) is 80.1 Å². The molecule has 202 valence electrons. The lowest BCUT2D eigenvalue weighted by Gasteiger charge is -2.14. The minimum Gasteiger partial charge on any atom is -0.325 e. The molecular formula is C32H28BrN3O3S. The summed E-state index contributed by atoms with van der Waals surface area (Å²) in [5, 5.41) is 8.18. The maximum atomic E-state index is 13.4. The van der Waals surface area contributed by atoms with E-state index in [1.165, 1.54) is 11.8 Å². The van der Waals surface area contributed by atoms with Gasteiger partial charge >= 0.3 is 0 Å². The van der Waals surface area contributed by atoms with Crippen LogP contribution >= 0.6 is 27.7 Å². The first kappa shape index (κ1) is 28.9. The average molecular weight is 615 g/mol. The van der Waals surface area contributed by atoms with Gasteiger partial charge in [-0.15, -0.1) is 11.8 Å². The summed E-state index contributed by atoms with van der Waals surface area (Å²) in [6, 6.07) is 31.0. The van der Waals surface area contributed by atoms with Crippen LogP contribution in [0, 0.1) is 6.92 Å². The smallest absolute Gasteiger partial charge is 0.272 e. The molecule has 8 heteroatoms. The molecule has 0 bridgehead atoms. The molecule has 40 heavy (non-hydrogen) atoms. The van der Waals surface area contributed by atoms with Crippen molar-refractivity contribution in [3.05, 3.63) is 130 Å². The molecule has 0 aliphatic rings. The van der Waals surface area contributed by atoms with Crippen molar-refractivity contribution in [3.63, 3.8) is 0 Å². The SMILES string of the molecule is Cc1ccc(NC(=O)C(C)Sc2cccc(NC(=O)/C(=C\c3cccc(Br)c3)NC(=O)c3ccccc3)c2)cc1. The van der Waals surface area contributed by atoms with E-state index >= 15 is 0 Å². The Balaban J connectivity index is 1.47. The highest BCUT2D eigenvalue weighted by Gasteiger charge is 2.17. The number of rotatable bonds is 9. The third-order valence-electron chi connectivity index (χ3n) is 5.78. The molecule has 3 N–H and O–H groups in total. The summed E-state index contributed by atoms with van der Waals surface area (Å²) in [5.74, 6) is -0.988. The lowest BCUT2D eigenvalue weighted by molar-refractivity contribution is -0.115. The second kappa shape index (κ2) is 13.8. The Morgan fingerprint density at radius 2 is 1.52 bits per heavy atom. The van der Waals surface area contributed by atoms with Crippen molar-refractivity contribution in [1.82, 2.24) is 5.32 Å². The monoisotopic (exact) mass is 613 g/mol. The van der Waals surface area contributed by atoms with Crippen LogP contribution in [0.25, 0.3) is 6.08 Å². The molecule has 0 spiro atoms. The molecule has 0 radical (unpaired) electrons. The minimum atomic E-state index is -0.475. The van der Waals surface area contributed by atoms with Gasteiger partial charge < -0.3 is 16.0 Å². The molecule has 0 fully saturated rings. The van der Waals surface area contributed by atoms with Crippen LogP contribution in [0.1, 0.15) is 28.4 Å². The molecule has 3 amide bonds. The summed E-state index contributed by atoms with van der Waals surface area (Å²) in [5.41, 5.74) is 3.67. The Kier molecular flexibility index (Phi) is 9.94. The van der Waals surface area contributed by atoms with E-state index in [2.05, 4.69) is 31.9 Å². The number of benzene rings is 4. The first-order chi connectivity index (χ1) is 19.3. The number of hydrogen-bond acceptors (Lipinski definition) is 4. The second-order valence-electron chi connectivity index (χ2n) is 9.03. The summed E-state index contributed by atoms with van der Waals surface area (Å²) in [4.78, 5) is 39.8. The lowest BCUT2D eigenvalue weighted by Crippen LogP contribution is -2.30. The number of carbonyl (C=O) groups excluding carboxylic acids is 3. The van der Waals surface area contributed by atoms with Gasteiger partial charge in [0.15, 0.2) is 0 Å². The van der Waals surface area contributed by atoms with E-state index < -0.39 is 11.8 Å². The Bertz CT molecular complexity index is 1540. The van der Waals surface area contributed by atoms with Crippen LogP contribution in [0.4, 0.5) is 11.4 Å². The van der Waals surface area contributed by atoms with Crippen molar-refractivity contribution in [2.24, 2.45) is 0 Å². The van der Waals surface area contributed by atoms with Gasteiger partial charge in [0.25, 0.3) is 11.8 Å². The second-order valence-corrected chi connectivity index (χ2v) is 11.4. The number of anilines is 2. The molecular weight excluding hydrogens is 586 g/mol.